The van der Waals surface area contributed by atoms with Crippen molar-refractivity contribution in [3.63, 3.8) is 0 Å². The maximum atomic E-state index is 13.0. The smallest absolute Gasteiger partial charge is 0.271 e. The van der Waals surface area contributed by atoms with Crippen molar-refractivity contribution < 1.29 is 9.53 Å². The Morgan fingerprint density at radius 1 is 1.14 bits per heavy atom. The highest BCUT2D eigenvalue weighted by Gasteiger charge is 2.17. The third-order valence-corrected chi connectivity index (χ3v) is 5.49. The van der Waals surface area contributed by atoms with Gasteiger partial charge in [-0.3, -0.25) is 14.0 Å². The van der Waals surface area contributed by atoms with Crippen LogP contribution in [0.25, 0.3) is 16.2 Å². The molecule has 4 aromatic rings. The second-order valence-corrected chi connectivity index (χ2v) is 7.45. The first kappa shape index (κ1) is 18.9. The zero-order chi connectivity index (χ0) is 20.4. The first-order valence-electron chi connectivity index (χ1n) is 9.04. The molecule has 0 atom stereocenters. The molecule has 4 rings (SSSR count). The standard InChI is InChI=1S/C22H19N3O3S/c1-14-3-7-16(8-4-14)19-13-29-22-24-12-18(21(27)25(19)22)20(26)23-11-15-5-9-17(28-2)10-6-15/h3-10,12-13H,11H2,1-2H3,(H,23,26). The number of carbonyl (C=O) groups is 1. The van der Waals surface area contributed by atoms with Gasteiger partial charge < -0.3 is 10.1 Å². The molecule has 0 aliphatic heterocycles. The fourth-order valence-electron chi connectivity index (χ4n) is 3.00. The number of ether oxygens (including phenoxy) is 1. The molecule has 0 spiro atoms. The van der Waals surface area contributed by atoms with Crippen molar-refractivity contribution in [2.75, 3.05) is 7.11 Å². The van der Waals surface area contributed by atoms with Crippen LogP contribution < -0.4 is 15.6 Å². The molecule has 1 N–H and O–H groups in total. The van der Waals surface area contributed by atoms with Gasteiger partial charge >= 0.3 is 0 Å². The number of hydrogen-bond donors (Lipinski definition) is 1. The average Bonchev–Trinajstić information content (AvgIpc) is 3.18. The SMILES string of the molecule is COc1ccc(CNC(=O)c2cnc3scc(-c4ccc(C)cc4)n3c2=O)cc1. The second-order valence-electron chi connectivity index (χ2n) is 6.61. The predicted molar refractivity (Wildman–Crippen MR) is 114 cm³/mol. The van der Waals surface area contributed by atoms with E-state index in [0.29, 0.717) is 11.5 Å². The number of rotatable bonds is 5. The number of fused-ring (bicyclic) bond motifs is 1. The summed E-state index contributed by atoms with van der Waals surface area (Å²) in [5, 5.41) is 4.67. The molecule has 2 aromatic carbocycles. The topological polar surface area (TPSA) is 72.7 Å². The lowest BCUT2D eigenvalue weighted by atomic mass is 10.1. The summed E-state index contributed by atoms with van der Waals surface area (Å²) in [5.41, 5.74) is 3.32. The number of benzene rings is 2. The van der Waals surface area contributed by atoms with Gasteiger partial charge in [-0.2, -0.15) is 0 Å². The van der Waals surface area contributed by atoms with Crippen molar-refractivity contribution >= 4 is 22.2 Å². The first-order chi connectivity index (χ1) is 14.1. The van der Waals surface area contributed by atoms with E-state index in [1.165, 1.54) is 21.9 Å². The third-order valence-electron chi connectivity index (χ3n) is 4.65. The minimum absolute atomic E-state index is 0.0165. The molecule has 0 aliphatic carbocycles. The molecule has 146 valence electrons. The van der Waals surface area contributed by atoms with Gasteiger partial charge in [0.15, 0.2) is 4.96 Å². The van der Waals surface area contributed by atoms with Crippen LogP contribution in [0.15, 0.2) is 64.9 Å². The Labute approximate surface area is 171 Å². The first-order valence-corrected chi connectivity index (χ1v) is 9.92. The minimum Gasteiger partial charge on any atom is -0.497 e. The van der Waals surface area contributed by atoms with Gasteiger partial charge in [-0.05, 0) is 30.2 Å². The number of hydrogen-bond acceptors (Lipinski definition) is 5. The van der Waals surface area contributed by atoms with E-state index in [0.717, 1.165) is 28.1 Å². The fraction of sp³-hybridized carbons (Fsp3) is 0.136. The van der Waals surface area contributed by atoms with E-state index in [1.54, 1.807) is 7.11 Å². The molecule has 0 saturated heterocycles. The third kappa shape index (κ3) is 3.77. The summed E-state index contributed by atoms with van der Waals surface area (Å²) in [5.74, 6) is 0.294. The van der Waals surface area contributed by atoms with E-state index in [1.807, 2.05) is 60.8 Å². The monoisotopic (exact) mass is 405 g/mol. The molecule has 6 nitrogen and oxygen atoms in total. The molecule has 0 bridgehead atoms. The van der Waals surface area contributed by atoms with Gasteiger partial charge in [-0.1, -0.05) is 42.0 Å². The molecule has 0 saturated carbocycles. The van der Waals surface area contributed by atoms with E-state index < -0.39 is 5.91 Å². The molecular formula is C22H19N3O3S. The molecule has 0 aliphatic rings. The Balaban J connectivity index is 1.62. The number of aryl methyl sites for hydroxylation is 1. The molecule has 1 amide bonds. The zero-order valence-electron chi connectivity index (χ0n) is 16.0. The van der Waals surface area contributed by atoms with Crippen LogP contribution in [0.2, 0.25) is 0 Å². The highest BCUT2D eigenvalue weighted by Crippen LogP contribution is 2.24. The molecule has 29 heavy (non-hydrogen) atoms. The van der Waals surface area contributed by atoms with Crippen molar-refractivity contribution in [2.24, 2.45) is 0 Å². The zero-order valence-corrected chi connectivity index (χ0v) is 16.8. The minimum atomic E-state index is -0.450. The summed E-state index contributed by atoms with van der Waals surface area (Å²) < 4.78 is 6.63. The normalized spacial score (nSPS) is 10.8. The van der Waals surface area contributed by atoms with Crippen molar-refractivity contribution in [3.8, 4) is 17.0 Å². The van der Waals surface area contributed by atoms with Gasteiger partial charge in [0, 0.05) is 18.1 Å². The van der Waals surface area contributed by atoms with Crippen LogP contribution in [0.5, 0.6) is 5.75 Å². The largest absolute Gasteiger partial charge is 0.497 e. The van der Waals surface area contributed by atoms with E-state index in [-0.39, 0.29) is 11.1 Å². The number of carbonyl (C=O) groups excluding carboxylic acids is 1. The summed E-state index contributed by atoms with van der Waals surface area (Å²) >= 11 is 1.37. The van der Waals surface area contributed by atoms with Crippen LogP contribution >= 0.6 is 11.3 Å². The quantitative estimate of drug-likeness (QED) is 0.550. The maximum Gasteiger partial charge on any atom is 0.271 e. The molecular weight excluding hydrogens is 386 g/mol. The van der Waals surface area contributed by atoms with E-state index in [4.69, 9.17) is 4.74 Å². The van der Waals surface area contributed by atoms with Crippen molar-refractivity contribution in [1.82, 2.24) is 14.7 Å². The van der Waals surface area contributed by atoms with E-state index >= 15 is 0 Å². The highest BCUT2D eigenvalue weighted by molar-refractivity contribution is 7.15. The fourth-order valence-corrected chi connectivity index (χ4v) is 3.85. The van der Waals surface area contributed by atoms with Crippen LogP contribution in [0.1, 0.15) is 21.5 Å². The highest BCUT2D eigenvalue weighted by atomic mass is 32.1. The van der Waals surface area contributed by atoms with Gasteiger partial charge in [0.2, 0.25) is 0 Å². The summed E-state index contributed by atoms with van der Waals surface area (Å²) in [6.07, 6.45) is 1.34. The van der Waals surface area contributed by atoms with Gasteiger partial charge in [0.1, 0.15) is 11.3 Å². The van der Waals surface area contributed by atoms with Gasteiger partial charge in [-0.25, -0.2) is 4.98 Å². The predicted octanol–water partition coefficient (Wildman–Crippen LogP) is 3.67. The number of nitrogens with zero attached hydrogens (tertiary/aromatic N) is 2. The second kappa shape index (κ2) is 7.89. The number of methoxy groups -OCH3 is 1. The maximum absolute atomic E-state index is 13.0. The Morgan fingerprint density at radius 3 is 2.55 bits per heavy atom. The lowest BCUT2D eigenvalue weighted by molar-refractivity contribution is 0.0949. The number of aromatic nitrogens is 2. The number of thiazole rings is 1. The molecule has 7 heteroatoms. The van der Waals surface area contributed by atoms with Gasteiger partial charge in [0.25, 0.3) is 11.5 Å². The van der Waals surface area contributed by atoms with Crippen LogP contribution in [-0.2, 0) is 6.54 Å². The van der Waals surface area contributed by atoms with Crippen molar-refractivity contribution in [1.29, 1.82) is 0 Å². The van der Waals surface area contributed by atoms with Crippen LogP contribution in [0, 0.1) is 6.92 Å². The van der Waals surface area contributed by atoms with Crippen LogP contribution in [0.3, 0.4) is 0 Å². The van der Waals surface area contributed by atoms with Crippen molar-refractivity contribution in [3.05, 3.63) is 87.2 Å². The molecule has 2 aromatic heterocycles. The van der Waals surface area contributed by atoms with E-state index in [9.17, 15) is 9.59 Å². The Bertz CT molecular complexity index is 1230. The summed E-state index contributed by atoms with van der Waals surface area (Å²) in [6, 6.07) is 15.3. The average molecular weight is 405 g/mol. The lowest BCUT2D eigenvalue weighted by Gasteiger charge is -2.07. The summed E-state index contributed by atoms with van der Waals surface area (Å²) in [4.78, 5) is 30.5. The Kier molecular flexibility index (Phi) is 5.14. The van der Waals surface area contributed by atoms with Crippen LogP contribution in [0.4, 0.5) is 0 Å². The number of amides is 1. The summed E-state index contributed by atoms with van der Waals surface area (Å²) in [7, 11) is 1.60. The lowest BCUT2D eigenvalue weighted by Crippen LogP contribution is -2.31. The Morgan fingerprint density at radius 2 is 1.86 bits per heavy atom. The molecule has 2 heterocycles. The van der Waals surface area contributed by atoms with Gasteiger partial charge in [0.05, 0.1) is 12.8 Å². The van der Waals surface area contributed by atoms with Crippen molar-refractivity contribution in [2.45, 2.75) is 13.5 Å². The molecule has 0 unspecified atom stereocenters. The molecule has 0 radical (unpaired) electrons. The van der Waals surface area contributed by atoms with Crippen LogP contribution in [-0.4, -0.2) is 22.4 Å². The van der Waals surface area contributed by atoms with E-state index in [2.05, 4.69) is 10.3 Å². The molecule has 0 fully saturated rings. The summed E-state index contributed by atoms with van der Waals surface area (Å²) in [6.45, 7) is 2.31. The number of nitrogens with one attached hydrogen (secondary N) is 1. The van der Waals surface area contributed by atoms with Gasteiger partial charge in [-0.15, -0.1) is 11.3 Å². The Hall–Kier alpha value is -3.45.